The van der Waals surface area contributed by atoms with Crippen molar-refractivity contribution in [3.05, 3.63) is 65.2 Å². The van der Waals surface area contributed by atoms with Gasteiger partial charge in [0.15, 0.2) is 5.78 Å². The molecule has 0 aliphatic rings. The van der Waals surface area contributed by atoms with E-state index in [0.717, 1.165) is 11.3 Å². The lowest BCUT2D eigenvalue weighted by molar-refractivity contribution is 0.101. The highest BCUT2D eigenvalue weighted by molar-refractivity contribution is 7.97. The Morgan fingerprint density at radius 2 is 1.76 bits per heavy atom. The third-order valence-corrected chi connectivity index (χ3v) is 3.65. The summed E-state index contributed by atoms with van der Waals surface area (Å²) in [5.41, 5.74) is 2.95. The zero-order valence-corrected chi connectivity index (χ0v) is 12.9. The van der Waals surface area contributed by atoms with Crippen molar-refractivity contribution in [2.75, 3.05) is 11.6 Å². The molecule has 0 radical (unpaired) electrons. The zero-order valence-electron chi connectivity index (χ0n) is 12.1. The Labute approximate surface area is 128 Å². The third kappa shape index (κ3) is 4.20. The molecule has 2 aromatic carbocycles. The van der Waals surface area contributed by atoms with Gasteiger partial charge in [-0.2, -0.15) is 11.8 Å². The van der Waals surface area contributed by atoms with Crippen molar-refractivity contribution in [3.63, 3.8) is 0 Å². The number of ketones is 1. The summed E-state index contributed by atoms with van der Waals surface area (Å²) < 4.78 is 0. The Balaban J connectivity index is 2.16. The predicted molar refractivity (Wildman–Crippen MR) is 88.1 cm³/mol. The molecule has 4 heteroatoms. The highest BCUT2D eigenvalue weighted by atomic mass is 32.2. The summed E-state index contributed by atoms with van der Waals surface area (Å²) in [5, 5.41) is 2.82. The van der Waals surface area contributed by atoms with E-state index in [1.54, 1.807) is 42.1 Å². The summed E-state index contributed by atoms with van der Waals surface area (Å²) in [5.74, 6) is 0.688. The van der Waals surface area contributed by atoms with E-state index in [-0.39, 0.29) is 11.7 Å². The van der Waals surface area contributed by atoms with Crippen LogP contribution in [0, 0.1) is 0 Å². The van der Waals surface area contributed by atoms with Gasteiger partial charge in [0.05, 0.1) is 0 Å². The summed E-state index contributed by atoms with van der Waals surface area (Å²) in [6.45, 7) is 1.51. The van der Waals surface area contributed by atoms with E-state index in [9.17, 15) is 9.59 Å². The average molecular weight is 299 g/mol. The molecule has 0 aromatic heterocycles. The van der Waals surface area contributed by atoms with Crippen LogP contribution >= 0.6 is 11.8 Å². The molecule has 1 N–H and O–H groups in total. The van der Waals surface area contributed by atoms with Gasteiger partial charge in [-0.3, -0.25) is 9.59 Å². The Morgan fingerprint density at radius 1 is 1.05 bits per heavy atom. The molecule has 0 heterocycles. The number of amides is 1. The molecule has 0 atom stereocenters. The molecule has 2 aromatic rings. The second-order valence-corrected chi connectivity index (χ2v) is 5.59. The van der Waals surface area contributed by atoms with Crippen molar-refractivity contribution in [2.24, 2.45) is 0 Å². The normalized spacial score (nSPS) is 10.2. The first-order valence-electron chi connectivity index (χ1n) is 6.60. The molecule has 0 fully saturated rings. The first-order valence-corrected chi connectivity index (χ1v) is 8.00. The molecule has 1 amide bonds. The van der Waals surface area contributed by atoms with Gasteiger partial charge in [0.25, 0.3) is 5.91 Å². The zero-order chi connectivity index (χ0) is 15.2. The first kappa shape index (κ1) is 15.3. The van der Waals surface area contributed by atoms with E-state index in [1.165, 1.54) is 6.92 Å². The van der Waals surface area contributed by atoms with Crippen molar-refractivity contribution < 1.29 is 9.59 Å². The fraction of sp³-hybridized carbons (Fsp3) is 0.176. The monoisotopic (exact) mass is 299 g/mol. The summed E-state index contributed by atoms with van der Waals surface area (Å²) >= 11 is 1.72. The van der Waals surface area contributed by atoms with Gasteiger partial charge in [0.1, 0.15) is 0 Å². The molecule has 0 aliphatic heterocycles. The van der Waals surface area contributed by atoms with Gasteiger partial charge in [-0.25, -0.2) is 0 Å². The minimum atomic E-state index is -0.168. The van der Waals surface area contributed by atoms with E-state index >= 15 is 0 Å². The van der Waals surface area contributed by atoms with Crippen LogP contribution in [0.3, 0.4) is 0 Å². The van der Waals surface area contributed by atoms with Crippen molar-refractivity contribution in [2.45, 2.75) is 12.7 Å². The topological polar surface area (TPSA) is 46.2 Å². The van der Waals surface area contributed by atoms with Gasteiger partial charge in [0.2, 0.25) is 0 Å². The van der Waals surface area contributed by atoms with Crippen LogP contribution in [0.25, 0.3) is 0 Å². The minimum Gasteiger partial charge on any atom is -0.322 e. The number of anilines is 1. The Morgan fingerprint density at radius 3 is 2.48 bits per heavy atom. The SMILES string of the molecule is CSCc1cccc(C(=O)Nc2cccc(C(C)=O)c2)c1. The van der Waals surface area contributed by atoms with Gasteiger partial charge < -0.3 is 5.32 Å². The van der Waals surface area contributed by atoms with Gasteiger partial charge in [0, 0.05) is 22.6 Å². The van der Waals surface area contributed by atoms with Gasteiger partial charge in [-0.1, -0.05) is 24.3 Å². The van der Waals surface area contributed by atoms with Crippen LogP contribution in [0.15, 0.2) is 48.5 Å². The molecule has 0 saturated heterocycles. The summed E-state index contributed by atoms with van der Waals surface area (Å²) in [6.07, 6.45) is 2.03. The Hall–Kier alpha value is -2.07. The maximum atomic E-state index is 12.2. The molecular formula is C17H17NO2S. The predicted octanol–water partition coefficient (Wildman–Crippen LogP) is 4.00. The van der Waals surface area contributed by atoms with E-state index in [2.05, 4.69) is 5.32 Å². The van der Waals surface area contributed by atoms with Crippen molar-refractivity contribution >= 4 is 29.1 Å². The summed E-state index contributed by atoms with van der Waals surface area (Å²) in [6, 6.07) is 14.5. The molecule has 3 nitrogen and oxygen atoms in total. The number of Topliss-reactive ketones (excluding diaryl/α,β-unsaturated/α-hetero) is 1. The quantitative estimate of drug-likeness (QED) is 0.849. The standard InChI is InChI=1S/C17H17NO2S/c1-12(19)14-6-4-8-16(10-14)18-17(20)15-7-3-5-13(9-15)11-21-2/h3-10H,11H2,1-2H3,(H,18,20). The van der Waals surface area contributed by atoms with Gasteiger partial charge in [-0.15, -0.1) is 0 Å². The molecule has 0 saturated carbocycles. The summed E-state index contributed by atoms with van der Waals surface area (Å²) in [4.78, 5) is 23.6. The minimum absolute atomic E-state index is 0.0203. The Kier molecular flexibility index (Phi) is 5.17. The lowest BCUT2D eigenvalue weighted by Gasteiger charge is -2.07. The molecule has 0 unspecified atom stereocenters. The fourth-order valence-corrected chi connectivity index (χ4v) is 2.50. The van der Waals surface area contributed by atoms with E-state index in [1.807, 2.05) is 24.5 Å². The van der Waals surface area contributed by atoms with Crippen LogP contribution in [0.1, 0.15) is 33.2 Å². The van der Waals surface area contributed by atoms with Crippen LogP contribution in [-0.2, 0) is 5.75 Å². The average Bonchev–Trinajstić information content (AvgIpc) is 2.48. The number of hydrogen-bond acceptors (Lipinski definition) is 3. The molecule has 21 heavy (non-hydrogen) atoms. The van der Waals surface area contributed by atoms with E-state index < -0.39 is 0 Å². The van der Waals surface area contributed by atoms with Crippen molar-refractivity contribution in [3.8, 4) is 0 Å². The Bertz CT molecular complexity index is 667. The maximum absolute atomic E-state index is 12.2. The van der Waals surface area contributed by atoms with Crippen LogP contribution in [0.5, 0.6) is 0 Å². The number of carbonyl (C=O) groups is 2. The van der Waals surface area contributed by atoms with Crippen LogP contribution in [-0.4, -0.2) is 17.9 Å². The van der Waals surface area contributed by atoms with Gasteiger partial charge in [-0.05, 0) is 43.0 Å². The lowest BCUT2D eigenvalue weighted by Crippen LogP contribution is -2.12. The molecule has 108 valence electrons. The molecule has 0 aliphatic carbocycles. The number of rotatable bonds is 5. The van der Waals surface area contributed by atoms with Crippen LogP contribution in [0.2, 0.25) is 0 Å². The molecule has 0 spiro atoms. The van der Waals surface area contributed by atoms with Crippen LogP contribution in [0.4, 0.5) is 5.69 Å². The lowest BCUT2D eigenvalue weighted by atomic mass is 10.1. The molecule has 2 rings (SSSR count). The van der Waals surface area contributed by atoms with Crippen LogP contribution < -0.4 is 5.32 Å². The number of benzene rings is 2. The molecule has 0 bridgehead atoms. The van der Waals surface area contributed by atoms with Gasteiger partial charge >= 0.3 is 0 Å². The number of carbonyl (C=O) groups excluding carboxylic acids is 2. The third-order valence-electron chi connectivity index (χ3n) is 3.03. The highest BCUT2D eigenvalue weighted by Gasteiger charge is 2.08. The van der Waals surface area contributed by atoms with Crippen molar-refractivity contribution in [1.82, 2.24) is 0 Å². The van der Waals surface area contributed by atoms with Crippen molar-refractivity contribution in [1.29, 1.82) is 0 Å². The maximum Gasteiger partial charge on any atom is 0.255 e. The number of hydrogen-bond donors (Lipinski definition) is 1. The van der Waals surface area contributed by atoms with E-state index in [4.69, 9.17) is 0 Å². The summed E-state index contributed by atoms with van der Waals surface area (Å²) in [7, 11) is 0. The van der Waals surface area contributed by atoms with E-state index in [0.29, 0.717) is 16.8 Å². The smallest absolute Gasteiger partial charge is 0.255 e. The fourth-order valence-electron chi connectivity index (χ4n) is 1.99. The number of nitrogens with one attached hydrogen (secondary N) is 1. The highest BCUT2D eigenvalue weighted by Crippen LogP contribution is 2.15. The number of thioether (sulfide) groups is 1. The molecular weight excluding hydrogens is 282 g/mol. The second kappa shape index (κ2) is 7.09. The first-order chi connectivity index (χ1) is 10.1. The largest absolute Gasteiger partial charge is 0.322 e. The second-order valence-electron chi connectivity index (χ2n) is 4.72.